The van der Waals surface area contributed by atoms with Gasteiger partial charge in [0.05, 0.1) is 5.69 Å². The molecule has 1 aliphatic rings. The first-order valence-corrected chi connectivity index (χ1v) is 7.83. The molecule has 2 aromatic rings. The first-order valence-electron chi connectivity index (χ1n) is 7.45. The molecular formula is C17H15ClF4N2. The van der Waals surface area contributed by atoms with Crippen molar-refractivity contribution in [1.29, 1.82) is 0 Å². The van der Waals surface area contributed by atoms with E-state index in [0.717, 1.165) is 12.0 Å². The quantitative estimate of drug-likeness (QED) is 0.556. The molecule has 0 spiro atoms. The summed E-state index contributed by atoms with van der Waals surface area (Å²) in [6.07, 6.45) is -2.42. The minimum Gasteiger partial charge on any atom is -0.374 e. The van der Waals surface area contributed by atoms with Crippen LogP contribution >= 0.6 is 11.6 Å². The Morgan fingerprint density at radius 1 is 1.21 bits per heavy atom. The summed E-state index contributed by atoms with van der Waals surface area (Å²) in [5, 5.41) is -0.544. The van der Waals surface area contributed by atoms with Crippen LogP contribution in [0, 0.1) is 11.7 Å². The van der Waals surface area contributed by atoms with Crippen molar-refractivity contribution in [3.8, 4) is 0 Å². The Morgan fingerprint density at radius 2 is 1.88 bits per heavy atom. The summed E-state index contributed by atoms with van der Waals surface area (Å²) in [5.74, 6) is 0.183. The highest BCUT2D eigenvalue weighted by Crippen LogP contribution is 2.49. The van der Waals surface area contributed by atoms with Gasteiger partial charge in [-0.25, -0.2) is 9.37 Å². The third-order valence-corrected chi connectivity index (χ3v) is 4.59. The third kappa shape index (κ3) is 3.48. The van der Waals surface area contributed by atoms with Crippen LogP contribution in [0.2, 0.25) is 5.15 Å². The average Bonchev–Trinajstić information content (AvgIpc) is 3.25. The van der Waals surface area contributed by atoms with E-state index in [1.54, 1.807) is 24.1 Å². The van der Waals surface area contributed by atoms with Gasteiger partial charge >= 0.3 is 6.18 Å². The molecule has 3 rings (SSSR count). The highest BCUT2D eigenvalue weighted by Gasteiger charge is 2.41. The number of pyridine rings is 1. The van der Waals surface area contributed by atoms with Crippen LogP contribution in [0.15, 0.2) is 36.5 Å². The first-order chi connectivity index (χ1) is 11.3. The Kier molecular flexibility index (Phi) is 4.42. The predicted molar refractivity (Wildman–Crippen MR) is 84.8 cm³/mol. The molecule has 7 heteroatoms. The van der Waals surface area contributed by atoms with Crippen LogP contribution in [-0.2, 0) is 6.18 Å². The fourth-order valence-corrected chi connectivity index (χ4v) is 3.29. The molecule has 0 N–H and O–H groups in total. The van der Waals surface area contributed by atoms with Crippen molar-refractivity contribution in [3.63, 3.8) is 0 Å². The number of aromatic nitrogens is 1. The Bertz CT molecular complexity index is 730. The van der Waals surface area contributed by atoms with E-state index in [1.165, 1.54) is 24.4 Å². The van der Waals surface area contributed by atoms with Crippen LogP contribution in [0.5, 0.6) is 0 Å². The minimum absolute atomic E-state index is 0.0206. The maximum Gasteiger partial charge on any atom is 0.421 e. The van der Waals surface area contributed by atoms with Crippen molar-refractivity contribution in [2.24, 2.45) is 5.92 Å². The molecular weight excluding hydrogens is 344 g/mol. The molecule has 0 saturated heterocycles. The SMILES string of the molecule is CN(C[C@@H]1C[C@H]1c1ccc(F)cc1)c1ccnc(Cl)c1C(F)(F)F. The van der Waals surface area contributed by atoms with E-state index in [1.807, 2.05) is 0 Å². The Balaban J connectivity index is 1.74. The van der Waals surface area contributed by atoms with Crippen LogP contribution < -0.4 is 4.90 Å². The average molecular weight is 359 g/mol. The summed E-state index contributed by atoms with van der Waals surface area (Å²) in [7, 11) is 1.61. The lowest BCUT2D eigenvalue weighted by Gasteiger charge is -2.24. The summed E-state index contributed by atoms with van der Waals surface area (Å²) in [4.78, 5) is 5.10. The van der Waals surface area contributed by atoms with Gasteiger partial charge in [0.15, 0.2) is 0 Å². The molecule has 0 radical (unpaired) electrons. The fraction of sp³-hybridized carbons (Fsp3) is 0.353. The van der Waals surface area contributed by atoms with Gasteiger partial charge in [-0.3, -0.25) is 0 Å². The Morgan fingerprint density at radius 3 is 2.50 bits per heavy atom. The zero-order valence-electron chi connectivity index (χ0n) is 12.8. The van der Waals surface area contributed by atoms with Gasteiger partial charge in [-0.05, 0) is 42.0 Å². The number of hydrogen-bond acceptors (Lipinski definition) is 2. The summed E-state index contributed by atoms with van der Waals surface area (Å²) < 4.78 is 52.6. The fourth-order valence-electron chi connectivity index (χ4n) is 3.02. The van der Waals surface area contributed by atoms with Crippen molar-refractivity contribution >= 4 is 17.3 Å². The molecule has 128 valence electrons. The van der Waals surface area contributed by atoms with Crippen LogP contribution in [0.4, 0.5) is 23.2 Å². The Hall–Kier alpha value is -1.82. The van der Waals surface area contributed by atoms with Gasteiger partial charge in [0.2, 0.25) is 0 Å². The summed E-state index contributed by atoms with van der Waals surface area (Å²) in [6.45, 7) is 0.464. The normalized spacial score (nSPS) is 20.1. The standard InChI is InChI=1S/C17H15ClF4N2/c1-24(14-6-7-23-16(18)15(14)17(20,21)22)9-11-8-13(11)10-2-4-12(19)5-3-10/h2-7,11,13H,8-9H2,1H3/t11-,13-/m0/s1. The topological polar surface area (TPSA) is 16.1 Å². The van der Waals surface area contributed by atoms with Gasteiger partial charge in [0, 0.05) is 19.8 Å². The number of rotatable bonds is 4. The molecule has 0 unspecified atom stereocenters. The zero-order valence-corrected chi connectivity index (χ0v) is 13.6. The van der Waals surface area contributed by atoms with E-state index in [-0.39, 0.29) is 23.3 Å². The second-order valence-electron chi connectivity index (χ2n) is 6.03. The molecule has 1 fully saturated rings. The second kappa shape index (κ2) is 6.24. The van der Waals surface area contributed by atoms with Gasteiger partial charge < -0.3 is 4.90 Å². The molecule has 0 bridgehead atoms. The molecule has 1 aromatic carbocycles. The summed E-state index contributed by atoms with van der Waals surface area (Å²) in [5.41, 5.74) is 0.124. The Labute approximate surface area is 142 Å². The van der Waals surface area contributed by atoms with Crippen molar-refractivity contribution in [2.45, 2.75) is 18.5 Å². The van der Waals surface area contributed by atoms with Gasteiger partial charge in [-0.15, -0.1) is 0 Å². The highest BCUT2D eigenvalue weighted by atomic mass is 35.5. The van der Waals surface area contributed by atoms with E-state index in [9.17, 15) is 17.6 Å². The monoisotopic (exact) mass is 358 g/mol. The maximum absolute atomic E-state index is 13.2. The van der Waals surface area contributed by atoms with E-state index in [4.69, 9.17) is 11.6 Å². The van der Waals surface area contributed by atoms with Gasteiger partial charge in [-0.2, -0.15) is 13.2 Å². The van der Waals surface area contributed by atoms with Gasteiger partial charge in [-0.1, -0.05) is 23.7 Å². The molecule has 0 amide bonds. The predicted octanol–water partition coefficient (Wildman–Crippen LogP) is 5.13. The zero-order chi connectivity index (χ0) is 17.5. The van der Waals surface area contributed by atoms with Crippen LogP contribution in [-0.4, -0.2) is 18.6 Å². The smallest absolute Gasteiger partial charge is 0.374 e. The lowest BCUT2D eigenvalue weighted by atomic mass is 10.1. The van der Waals surface area contributed by atoms with Crippen LogP contribution in [0.25, 0.3) is 0 Å². The molecule has 1 heterocycles. The highest BCUT2D eigenvalue weighted by molar-refractivity contribution is 6.30. The number of hydrogen-bond donors (Lipinski definition) is 0. The molecule has 2 nitrogen and oxygen atoms in total. The number of halogens is 5. The van der Waals surface area contributed by atoms with Crippen LogP contribution in [0.1, 0.15) is 23.5 Å². The van der Waals surface area contributed by atoms with Crippen LogP contribution in [0.3, 0.4) is 0 Å². The lowest BCUT2D eigenvalue weighted by Crippen LogP contribution is -2.24. The third-order valence-electron chi connectivity index (χ3n) is 4.31. The molecule has 1 aromatic heterocycles. The van der Waals surface area contributed by atoms with Gasteiger partial charge in [0.1, 0.15) is 16.5 Å². The molecule has 1 aliphatic carbocycles. The largest absolute Gasteiger partial charge is 0.421 e. The number of anilines is 1. The van der Waals surface area contributed by atoms with E-state index < -0.39 is 16.9 Å². The van der Waals surface area contributed by atoms with Crippen molar-refractivity contribution in [3.05, 3.63) is 58.6 Å². The second-order valence-corrected chi connectivity index (χ2v) is 6.39. The minimum atomic E-state index is -4.56. The summed E-state index contributed by atoms with van der Waals surface area (Å²) >= 11 is 5.66. The molecule has 24 heavy (non-hydrogen) atoms. The molecule has 1 saturated carbocycles. The maximum atomic E-state index is 13.2. The van der Waals surface area contributed by atoms with E-state index in [0.29, 0.717) is 6.54 Å². The first kappa shape index (κ1) is 17.0. The number of benzene rings is 1. The van der Waals surface area contributed by atoms with Gasteiger partial charge in [0.25, 0.3) is 0 Å². The van der Waals surface area contributed by atoms with Crippen molar-refractivity contribution < 1.29 is 17.6 Å². The number of nitrogens with zero attached hydrogens (tertiary/aromatic N) is 2. The molecule has 2 atom stereocenters. The van der Waals surface area contributed by atoms with E-state index >= 15 is 0 Å². The van der Waals surface area contributed by atoms with Crippen molar-refractivity contribution in [2.75, 3.05) is 18.5 Å². The van der Waals surface area contributed by atoms with E-state index in [2.05, 4.69) is 4.98 Å². The van der Waals surface area contributed by atoms with Crippen molar-refractivity contribution in [1.82, 2.24) is 4.98 Å². The lowest BCUT2D eigenvalue weighted by molar-refractivity contribution is -0.137. The summed E-state index contributed by atoms with van der Waals surface area (Å²) in [6, 6.07) is 7.58. The number of alkyl halides is 3. The molecule has 0 aliphatic heterocycles.